The molecule has 4 heteroatoms. The summed E-state index contributed by atoms with van der Waals surface area (Å²) in [6.45, 7) is 3.64. The van der Waals surface area contributed by atoms with Gasteiger partial charge in [-0.3, -0.25) is 4.79 Å². The van der Waals surface area contributed by atoms with Crippen LogP contribution in [-0.4, -0.2) is 33.9 Å². The molecule has 1 aromatic heterocycles. The molecule has 0 aliphatic carbocycles. The Morgan fingerprint density at radius 3 is 2.81 bits per heavy atom. The number of carbonyl (C=O) groups is 1. The molecule has 0 radical (unpaired) electrons. The molecule has 1 fully saturated rings. The van der Waals surface area contributed by atoms with E-state index in [1.54, 1.807) is 12.5 Å². The first-order chi connectivity index (χ1) is 7.81. The third-order valence-corrected chi connectivity index (χ3v) is 3.17. The van der Waals surface area contributed by atoms with Gasteiger partial charge >= 0.3 is 0 Å². The summed E-state index contributed by atoms with van der Waals surface area (Å²) in [6, 6.07) is 1.97. The fourth-order valence-electron chi connectivity index (χ4n) is 2.19. The first-order valence-electron chi connectivity index (χ1n) is 5.85. The lowest BCUT2D eigenvalue weighted by molar-refractivity contribution is -0.131. The third-order valence-electron chi connectivity index (χ3n) is 3.17. The second-order valence-corrected chi connectivity index (χ2v) is 4.14. The minimum Gasteiger partial charge on any atom is -0.343 e. The summed E-state index contributed by atoms with van der Waals surface area (Å²) in [6.07, 6.45) is 6.02. The molecule has 0 N–H and O–H groups in total. The molecule has 0 spiro atoms. The van der Waals surface area contributed by atoms with Crippen LogP contribution in [-0.2, 0) is 4.79 Å². The van der Waals surface area contributed by atoms with E-state index in [4.69, 9.17) is 0 Å². The van der Waals surface area contributed by atoms with Crippen LogP contribution in [0.1, 0.15) is 37.8 Å². The zero-order valence-corrected chi connectivity index (χ0v) is 9.59. The quantitative estimate of drug-likeness (QED) is 0.759. The minimum absolute atomic E-state index is 0.265. The highest BCUT2D eigenvalue weighted by Crippen LogP contribution is 2.26. The first kappa shape index (κ1) is 11.0. The van der Waals surface area contributed by atoms with E-state index in [1.165, 1.54) is 0 Å². The van der Waals surface area contributed by atoms with Crippen molar-refractivity contribution < 1.29 is 4.79 Å². The normalized spacial score (nSPS) is 17.4. The van der Waals surface area contributed by atoms with Gasteiger partial charge in [-0.05, 0) is 18.9 Å². The largest absolute Gasteiger partial charge is 0.343 e. The number of likely N-dealkylation sites (tertiary alicyclic amines) is 1. The van der Waals surface area contributed by atoms with Crippen LogP contribution < -0.4 is 0 Å². The highest BCUT2D eigenvalue weighted by Gasteiger charge is 2.23. The van der Waals surface area contributed by atoms with Gasteiger partial charge in [0, 0.05) is 37.3 Å². The van der Waals surface area contributed by atoms with Crippen molar-refractivity contribution in [3.63, 3.8) is 0 Å². The van der Waals surface area contributed by atoms with Crippen LogP contribution in [0.4, 0.5) is 0 Å². The van der Waals surface area contributed by atoms with Crippen LogP contribution in [0.2, 0.25) is 0 Å². The van der Waals surface area contributed by atoms with Crippen molar-refractivity contribution in [2.24, 2.45) is 0 Å². The monoisotopic (exact) mass is 219 g/mol. The van der Waals surface area contributed by atoms with E-state index in [2.05, 4.69) is 9.97 Å². The molecule has 1 saturated heterocycles. The van der Waals surface area contributed by atoms with Crippen LogP contribution in [0.5, 0.6) is 0 Å². The zero-order chi connectivity index (χ0) is 11.4. The summed E-state index contributed by atoms with van der Waals surface area (Å²) < 4.78 is 0. The van der Waals surface area contributed by atoms with Gasteiger partial charge in [-0.1, -0.05) is 6.92 Å². The summed E-state index contributed by atoms with van der Waals surface area (Å²) in [5.74, 6) is 0.755. The van der Waals surface area contributed by atoms with Crippen LogP contribution in [0, 0.1) is 0 Å². The molecule has 16 heavy (non-hydrogen) atoms. The molecule has 4 nitrogen and oxygen atoms in total. The number of rotatable bonds is 2. The number of carbonyl (C=O) groups excluding carboxylic acids is 1. The molecular formula is C12H17N3O. The number of piperidine rings is 1. The Bertz CT molecular complexity index is 345. The average molecular weight is 219 g/mol. The smallest absolute Gasteiger partial charge is 0.222 e. The van der Waals surface area contributed by atoms with Crippen molar-refractivity contribution in [1.82, 2.24) is 14.9 Å². The SMILES string of the molecule is CCC(=O)N1CCC(c2ccncn2)CC1. The number of nitrogens with zero attached hydrogens (tertiary/aromatic N) is 3. The first-order valence-corrected chi connectivity index (χ1v) is 5.85. The molecule has 2 rings (SSSR count). The Morgan fingerprint density at radius 2 is 2.25 bits per heavy atom. The maximum atomic E-state index is 11.5. The maximum absolute atomic E-state index is 11.5. The van der Waals surface area contributed by atoms with E-state index >= 15 is 0 Å². The van der Waals surface area contributed by atoms with Gasteiger partial charge in [-0.2, -0.15) is 0 Å². The number of aromatic nitrogens is 2. The summed E-state index contributed by atoms with van der Waals surface area (Å²) in [7, 11) is 0. The lowest BCUT2D eigenvalue weighted by Gasteiger charge is -2.31. The Kier molecular flexibility index (Phi) is 3.49. The molecular weight excluding hydrogens is 202 g/mol. The van der Waals surface area contributed by atoms with Crippen molar-refractivity contribution in [3.8, 4) is 0 Å². The highest BCUT2D eigenvalue weighted by atomic mass is 16.2. The molecule has 1 aliphatic rings. The van der Waals surface area contributed by atoms with E-state index in [-0.39, 0.29) is 5.91 Å². The Morgan fingerprint density at radius 1 is 1.50 bits per heavy atom. The highest BCUT2D eigenvalue weighted by molar-refractivity contribution is 5.75. The van der Waals surface area contributed by atoms with Crippen molar-refractivity contribution in [3.05, 3.63) is 24.3 Å². The van der Waals surface area contributed by atoms with Gasteiger partial charge in [-0.25, -0.2) is 9.97 Å². The van der Waals surface area contributed by atoms with Crippen molar-refractivity contribution in [1.29, 1.82) is 0 Å². The van der Waals surface area contributed by atoms with Crippen LogP contribution in [0.3, 0.4) is 0 Å². The summed E-state index contributed by atoms with van der Waals surface area (Å²) >= 11 is 0. The van der Waals surface area contributed by atoms with E-state index in [0.29, 0.717) is 12.3 Å². The summed E-state index contributed by atoms with van der Waals surface area (Å²) in [4.78, 5) is 21.7. The van der Waals surface area contributed by atoms with Gasteiger partial charge in [0.2, 0.25) is 5.91 Å². The Balaban J connectivity index is 1.93. The van der Waals surface area contributed by atoms with Crippen molar-refractivity contribution in [2.45, 2.75) is 32.1 Å². The van der Waals surface area contributed by atoms with Gasteiger partial charge in [0.25, 0.3) is 0 Å². The molecule has 86 valence electrons. The molecule has 1 aromatic rings. The summed E-state index contributed by atoms with van der Waals surface area (Å²) in [5, 5.41) is 0. The predicted molar refractivity (Wildman–Crippen MR) is 60.9 cm³/mol. The van der Waals surface area contributed by atoms with Crippen LogP contribution in [0.15, 0.2) is 18.6 Å². The Hall–Kier alpha value is -1.45. The Labute approximate surface area is 95.7 Å². The molecule has 0 bridgehead atoms. The molecule has 0 unspecified atom stereocenters. The van der Waals surface area contributed by atoms with Crippen molar-refractivity contribution in [2.75, 3.05) is 13.1 Å². The predicted octanol–water partition coefficient (Wildman–Crippen LogP) is 1.59. The number of hydrogen-bond acceptors (Lipinski definition) is 3. The topological polar surface area (TPSA) is 46.1 Å². The molecule has 2 heterocycles. The van der Waals surface area contributed by atoms with Crippen LogP contribution >= 0.6 is 0 Å². The van der Waals surface area contributed by atoms with E-state index in [0.717, 1.165) is 31.6 Å². The second-order valence-electron chi connectivity index (χ2n) is 4.14. The molecule has 0 atom stereocenters. The van der Waals surface area contributed by atoms with E-state index in [9.17, 15) is 4.79 Å². The molecule has 0 saturated carbocycles. The second kappa shape index (κ2) is 5.05. The fraction of sp³-hybridized carbons (Fsp3) is 0.583. The van der Waals surface area contributed by atoms with E-state index in [1.807, 2.05) is 17.9 Å². The minimum atomic E-state index is 0.265. The van der Waals surface area contributed by atoms with Crippen LogP contribution in [0.25, 0.3) is 0 Å². The zero-order valence-electron chi connectivity index (χ0n) is 9.59. The lowest BCUT2D eigenvalue weighted by atomic mass is 9.93. The van der Waals surface area contributed by atoms with Gasteiger partial charge in [0.15, 0.2) is 0 Å². The van der Waals surface area contributed by atoms with Gasteiger partial charge < -0.3 is 4.90 Å². The fourth-order valence-corrected chi connectivity index (χ4v) is 2.19. The standard InChI is InChI=1S/C12H17N3O/c1-2-12(16)15-7-4-10(5-8-15)11-3-6-13-9-14-11/h3,6,9-10H,2,4-5,7-8H2,1H3. The van der Waals surface area contributed by atoms with Gasteiger partial charge in [0.05, 0.1) is 0 Å². The molecule has 1 amide bonds. The number of hydrogen-bond donors (Lipinski definition) is 0. The van der Waals surface area contributed by atoms with E-state index < -0.39 is 0 Å². The molecule has 1 aliphatic heterocycles. The van der Waals surface area contributed by atoms with Gasteiger partial charge in [-0.15, -0.1) is 0 Å². The number of amides is 1. The molecule has 0 aromatic carbocycles. The maximum Gasteiger partial charge on any atom is 0.222 e. The van der Waals surface area contributed by atoms with Gasteiger partial charge in [0.1, 0.15) is 6.33 Å². The summed E-state index contributed by atoms with van der Waals surface area (Å²) in [5.41, 5.74) is 1.11. The lowest BCUT2D eigenvalue weighted by Crippen LogP contribution is -2.37. The third kappa shape index (κ3) is 2.38. The van der Waals surface area contributed by atoms with Crippen molar-refractivity contribution >= 4 is 5.91 Å². The average Bonchev–Trinajstić information content (AvgIpc) is 2.39.